The van der Waals surface area contributed by atoms with Crippen LogP contribution in [-0.2, 0) is 9.63 Å². The molecule has 0 spiro atoms. The van der Waals surface area contributed by atoms with Crippen LogP contribution in [0.4, 0.5) is 0 Å². The summed E-state index contributed by atoms with van der Waals surface area (Å²) in [7, 11) is 3.64. The lowest BCUT2D eigenvalue weighted by Crippen LogP contribution is -3.00. The SMILES string of the molecule is C=C(C)C(=O)O[N+](C)(C)CC.[Cl-]. The predicted octanol–water partition coefficient (Wildman–Crippen LogP) is -1.88. The van der Waals surface area contributed by atoms with Gasteiger partial charge < -0.3 is 12.4 Å². The van der Waals surface area contributed by atoms with E-state index in [0.717, 1.165) is 6.54 Å². The molecule has 0 unspecified atom stereocenters. The summed E-state index contributed by atoms with van der Waals surface area (Å²) >= 11 is 0. The van der Waals surface area contributed by atoms with Gasteiger partial charge in [0.2, 0.25) is 0 Å². The van der Waals surface area contributed by atoms with Crippen LogP contribution >= 0.6 is 0 Å². The van der Waals surface area contributed by atoms with Gasteiger partial charge in [-0.2, -0.15) is 0 Å². The van der Waals surface area contributed by atoms with Gasteiger partial charge in [-0.1, -0.05) is 6.58 Å². The number of nitrogens with zero attached hydrogens (tertiary/aromatic N) is 1. The van der Waals surface area contributed by atoms with Gasteiger partial charge in [0.25, 0.3) is 0 Å². The van der Waals surface area contributed by atoms with Crippen molar-refractivity contribution in [2.75, 3.05) is 20.6 Å². The molecule has 0 atom stereocenters. The van der Waals surface area contributed by atoms with Gasteiger partial charge in [-0.15, -0.1) is 4.65 Å². The molecule has 0 aliphatic heterocycles. The van der Waals surface area contributed by atoms with Crippen LogP contribution in [0.1, 0.15) is 13.8 Å². The van der Waals surface area contributed by atoms with E-state index < -0.39 is 0 Å². The van der Waals surface area contributed by atoms with Crippen molar-refractivity contribution in [1.29, 1.82) is 0 Å². The van der Waals surface area contributed by atoms with Gasteiger partial charge >= 0.3 is 5.97 Å². The number of carbonyl (C=O) groups excluding carboxylic acids is 1. The predicted molar refractivity (Wildman–Crippen MR) is 43.6 cm³/mol. The third-order valence-corrected chi connectivity index (χ3v) is 1.44. The first kappa shape index (κ1) is 14.0. The van der Waals surface area contributed by atoms with Crippen LogP contribution in [-0.4, -0.2) is 31.3 Å². The molecule has 0 amide bonds. The molecule has 72 valence electrons. The molecule has 0 aromatic carbocycles. The standard InChI is InChI=1S/C8H16NO2.ClH/c1-6-9(4,5)11-8(10)7(2)3;/h2,6H2,1,3-5H3;1H/q+1;/p-1. The summed E-state index contributed by atoms with van der Waals surface area (Å²) in [5.74, 6) is -0.336. The van der Waals surface area contributed by atoms with Gasteiger partial charge in [-0.25, -0.2) is 4.79 Å². The molecule has 0 aliphatic rings. The lowest BCUT2D eigenvalue weighted by atomic mass is 10.4. The number of hydroxylamine groups is 3. The van der Waals surface area contributed by atoms with Crippen LogP contribution in [0.25, 0.3) is 0 Å². The number of hydrogen-bond donors (Lipinski definition) is 0. The number of quaternary nitrogens is 1. The summed E-state index contributed by atoms with van der Waals surface area (Å²) in [6.07, 6.45) is 0. The fourth-order valence-electron chi connectivity index (χ4n) is 0.367. The molecule has 0 radical (unpaired) electrons. The molecule has 0 aromatic heterocycles. The number of halogens is 1. The van der Waals surface area contributed by atoms with Gasteiger partial charge in [-0.05, 0) is 13.8 Å². The van der Waals surface area contributed by atoms with E-state index in [2.05, 4.69) is 6.58 Å². The molecule has 0 aliphatic carbocycles. The first-order chi connectivity index (χ1) is 4.89. The highest BCUT2D eigenvalue weighted by molar-refractivity contribution is 5.86. The molecular formula is C8H16ClNO2. The number of rotatable bonds is 3. The summed E-state index contributed by atoms with van der Waals surface area (Å²) in [6.45, 7) is 7.82. The van der Waals surface area contributed by atoms with Crippen molar-refractivity contribution in [1.82, 2.24) is 0 Å². The van der Waals surface area contributed by atoms with Crippen molar-refractivity contribution in [3.05, 3.63) is 12.2 Å². The third-order valence-electron chi connectivity index (χ3n) is 1.44. The van der Waals surface area contributed by atoms with Gasteiger partial charge in [0.1, 0.15) is 20.6 Å². The smallest absolute Gasteiger partial charge is 0.392 e. The fourth-order valence-corrected chi connectivity index (χ4v) is 0.367. The summed E-state index contributed by atoms with van der Waals surface area (Å²) in [5, 5.41) is 0. The summed E-state index contributed by atoms with van der Waals surface area (Å²) < 4.78 is 0.242. The number of carbonyl (C=O) groups is 1. The maximum Gasteiger partial charge on any atom is 0.392 e. The fraction of sp³-hybridized carbons (Fsp3) is 0.625. The molecule has 0 bridgehead atoms. The zero-order valence-corrected chi connectivity index (χ0v) is 8.81. The molecule has 0 aromatic rings. The topological polar surface area (TPSA) is 26.3 Å². The van der Waals surface area contributed by atoms with Crippen LogP contribution in [0.5, 0.6) is 0 Å². The van der Waals surface area contributed by atoms with E-state index in [1.165, 1.54) is 0 Å². The Morgan fingerprint density at radius 2 is 1.92 bits per heavy atom. The van der Waals surface area contributed by atoms with Gasteiger partial charge in [0.05, 0.1) is 0 Å². The Morgan fingerprint density at radius 1 is 1.50 bits per heavy atom. The summed E-state index contributed by atoms with van der Waals surface area (Å²) in [6, 6.07) is 0. The first-order valence-corrected chi connectivity index (χ1v) is 3.61. The maximum absolute atomic E-state index is 11.0. The van der Waals surface area contributed by atoms with Crippen LogP contribution in [0.15, 0.2) is 12.2 Å². The second kappa shape index (κ2) is 5.17. The Balaban J connectivity index is 0. The van der Waals surface area contributed by atoms with Crippen molar-refractivity contribution < 1.29 is 26.7 Å². The normalized spacial score (nSPS) is 10.0. The lowest BCUT2D eigenvalue weighted by molar-refractivity contribution is -1.06. The minimum atomic E-state index is -0.336. The van der Waals surface area contributed by atoms with E-state index in [9.17, 15) is 4.79 Å². The van der Waals surface area contributed by atoms with Crippen molar-refractivity contribution >= 4 is 5.97 Å². The molecule has 0 heterocycles. The molecule has 0 saturated heterocycles. The van der Waals surface area contributed by atoms with E-state index >= 15 is 0 Å². The van der Waals surface area contributed by atoms with Gasteiger partial charge in [0.15, 0.2) is 0 Å². The molecule has 4 heteroatoms. The molecule has 0 fully saturated rings. The molecule has 3 nitrogen and oxygen atoms in total. The minimum absolute atomic E-state index is 0. The van der Waals surface area contributed by atoms with E-state index in [-0.39, 0.29) is 23.0 Å². The Hall–Kier alpha value is -0.540. The lowest BCUT2D eigenvalue weighted by Gasteiger charge is -2.23. The van der Waals surface area contributed by atoms with E-state index in [1.807, 2.05) is 21.0 Å². The largest absolute Gasteiger partial charge is 1.00 e. The van der Waals surface area contributed by atoms with Crippen LogP contribution in [0, 0.1) is 0 Å². The van der Waals surface area contributed by atoms with Crippen LogP contribution in [0.3, 0.4) is 0 Å². The second-order valence-electron chi connectivity index (χ2n) is 3.05. The highest BCUT2D eigenvalue weighted by Crippen LogP contribution is 2.02. The zero-order valence-electron chi connectivity index (χ0n) is 8.06. The van der Waals surface area contributed by atoms with Crippen molar-refractivity contribution in [3.63, 3.8) is 0 Å². The van der Waals surface area contributed by atoms with Crippen LogP contribution < -0.4 is 12.4 Å². The van der Waals surface area contributed by atoms with Crippen molar-refractivity contribution in [3.8, 4) is 0 Å². The zero-order chi connectivity index (χ0) is 9.07. The van der Waals surface area contributed by atoms with Crippen molar-refractivity contribution in [2.24, 2.45) is 0 Å². The average Bonchev–Trinajstić information content (AvgIpc) is 1.87. The van der Waals surface area contributed by atoms with E-state index in [1.54, 1.807) is 6.92 Å². The Kier molecular flexibility index (Phi) is 6.03. The number of hydrogen-bond acceptors (Lipinski definition) is 2. The van der Waals surface area contributed by atoms with Crippen LogP contribution in [0.2, 0.25) is 0 Å². The summed E-state index contributed by atoms with van der Waals surface area (Å²) in [5.41, 5.74) is 0.435. The second-order valence-corrected chi connectivity index (χ2v) is 3.05. The average molecular weight is 194 g/mol. The summed E-state index contributed by atoms with van der Waals surface area (Å²) in [4.78, 5) is 16.0. The van der Waals surface area contributed by atoms with Gasteiger partial charge in [-0.3, -0.25) is 4.84 Å². The van der Waals surface area contributed by atoms with E-state index in [4.69, 9.17) is 4.84 Å². The highest BCUT2D eigenvalue weighted by Gasteiger charge is 2.19. The Labute approximate surface area is 80.0 Å². The van der Waals surface area contributed by atoms with E-state index in [0.29, 0.717) is 5.57 Å². The molecule has 0 saturated carbocycles. The maximum atomic E-state index is 11.0. The monoisotopic (exact) mass is 193 g/mol. The minimum Gasteiger partial charge on any atom is -1.00 e. The Bertz CT molecular complexity index is 178. The quantitative estimate of drug-likeness (QED) is 0.298. The molecule has 0 N–H and O–H groups in total. The Morgan fingerprint density at radius 3 is 2.17 bits per heavy atom. The van der Waals surface area contributed by atoms with Gasteiger partial charge in [0, 0.05) is 5.57 Å². The molecule has 0 rings (SSSR count). The molecular weight excluding hydrogens is 178 g/mol. The first-order valence-electron chi connectivity index (χ1n) is 3.61. The van der Waals surface area contributed by atoms with Crippen molar-refractivity contribution in [2.45, 2.75) is 13.8 Å². The third kappa shape index (κ3) is 5.16. The highest BCUT2D eigenvalue weighted by atomic mass is 35.5. The molecule has 12 heavy (non-hydrogen) atoms.